The van der Waals surface area contributed by atoms with E-state index in [9.17, 15) is 13.2 Å². The molecule has 1 amide bonds. The molecule has 1 aromatic carbocycles. The second kappa shape index (κ2) is 8.06. The topological polar surface area (TPSA) is 95.7 Å². The SMILES string of the molecule is CCC(C)c1ccc(NC(=O)CN2CCN(S(N)(=O)=O)CC2)cc1. The summed E-state index contributed by atoms with van der Waals surface area (Å²) in [6.45, 7) is 6.19. The number of nitrogens with zero attached hydrogens (tertiary/aromatic N) is 2. The molecule has 134 valence electrons. The third kappa shape index (κ3) is 5.27. The number of carbonyl (C=O) groups is 1. The summed E-state index contributed by atoms with van der Waals surface area (Å²) in [4.78, 5) is 14.0. The molecule has 2 rings (SSSR count). The largest absolute Gasteiger partial charge is 0.325 e. The van der Waals surface area contributed by atoms with Crippen molar-refractivity contribution >= 4 is 21.8 Å². The summed E-state index contributed by atoms with van der Waals surface area (Å²) in [5.74, 6) is 0.403. The van der Waals surface area contributed by atoms with Gasteiger partial charge in [-0.15, -0.1) is 0 Å². The molecule has 1 atom stereocenters. The zero-order chi connectivity index (χ0) is 17.7. The fourth-order valence-corrected chi connectivity index (χ4v) is 3.35. The van der Waals surface area contributed by atoms with Crippen LogP contribution < -0.4 is 10.5 Å². The van der Waals surface area contributed by atoms with Crippen LogP contribution in [-0.4, -0.2) is 56.3 Å². The van der Waals surface area contributed by atoms with Crippen molar-refractivity contribution in [3.63, 3.8) is 0 Å². The fourth-order valence-electron chi connectivity index (χ4n) is 2.68. The van der Waals surface area contributed by atoms with Gasteiger partial charge in [0, 0.05) is 31.9 Å². The molecule has 8 heteroatoms. The van der Waals surface area contributed by atoms with Crippen molar-refractivity contribution in [1.82, 2.24) is 9.21 Å². The van der Waals surface area contributed by atoms with E-state index < -0.39 is 10.2 Å². The Morgan fingerprint density at radius 3 is 2.29 bits per heavy atom. The monoisotopic (exact) mass is 354 g/mol. The zero-order valence-electron chi connectivity index (χ0n) is 14.2. The lowest BCUT2D eigenvalue weighted by Crippen LogP contribution is -2.52. The number of hydrogen-bond acceptors (Lipinski definition) is 4. The van der Waals surface area contributed by atoms with Crippen molar-refractivity contribution in [2.24, 2.45) is 5.14 Å². The molecule has 0 aromatic heterocycles. The van der Waals surface area contributed by atoms with E-state index in [2.05, 4.69) is 19.2 Å². The van der Waals surface area contributed by atoms with E-state index >= 15 is 0 Å². The second-order valence-electron chi connectivity index (χ2n) is 6.20. The van der Waals surface area contributed by atoms with Gasteiger partial charge in [-0.3, -0.25) is 9.69 Å². The second-order valence-corrected chi connectivity index (χ2v) is 7.75. The predicted octanol–water partition coefficient (Wildman–Crippen LogP) is 0.960. The molecule has 0 spiro atoms. The molecule has 3 N–H and O–H groups in total. The molecule has 24 heavy (non-hydrogen) atoms. The number of amides is 1. The molecule has 1 saturated heterocycles. The molecule has 1 aliphatic heterocycles. The van der Waals surface area contributed by atoms with Gasteiger partial charge >= 0.3 is 0 Å². The van der Waals surface area contributed by atoms with Gasteiger partial charge in [0.2, 0.25) is 5.91 Å². The quantitative estimate of drug-likeness (QED) is 0.795. The summed E-state index contributed by atoms with van der Waals surface area (Å²) in [6, 6.07) is 7.90. The van der Waals surface area contributed by atoms with Crippen LogP contribution in [0.15, 0.2) is 24.3 Å². The van der Waals surface area contributed by atoms with Gasteiger partial charge < -0.3 is 5.32 Å². The molecule has 0 aliphatic carbocycles. The van der Waals surface area contributed by atoms with Crippen molar-refractivity contribution in [3.8, 4) is 0 Å². The number of benzene rings is 1. The highest BCUT2D eigenvalue weighted by Crippen LogP contribution is 2.20. The Balaban J connectivity index is 1.82. The fraction of sp³-hybridized carbons (Fsp3) is 0.562. The number of hydrogen-bond donors (Lipinski definition) is 2. The Labute approximate surface area is 144 Å². The first-order valence-electron chi connectivity index (χ1n) is 8.19. The third-order valence-electron chi connectivity index (χ3n) is 4.43. The summed E-state index contributed by atoms with van der Waals surface area (Å²) in [6.07, 6.45) is 1.08. The van der Waals surface area contributed by atoms with Crippen LogP contribution in [0.4, 0.5) is 5.69 Å². The van der Waals surface area contributed by atoms with Crippen molar-refractivity contribution in [3.05, 3.63) is 29.8 Å². The van der Waals surface area contributed by atoms with E-state index in [0.717, 1.165) is 12.1 Å². The molecular formula is C16H26N4O3S. The Morgan fingerprint density at radius 1 is 1.21 bits per heavy atom. The van der Waals surface area contributed by atoms with Crippen molar-refractivity contribution < 1.29 is 13.2 Å². The molecule has 1 aromatic rings. The van der Waals surface area contributed by atoms with Crippen LogP contribution in [0.3, 0.4) is 0 Å². The van der Waals surface area contributed by atoms with Crippen LogP contribution in [0.5, 0.6) is 0 Å². The van der Waals surface area contributed by atoms with Crippen molar-refractivity contribution in [2.75, 3.05) is 38.0 Å². The van der Waals surface area contributed by atoms with Gasteiger partial charge in [-0.2, -0.15) is 12.7 Å². The Bertz CT molecular complexity index is 652. The minimum Gasteiger partial charge on any atom is -0.325 e. The number of piperazine rings is 1. The Morgan fingerprint density at radius 2 is 1.79 bits per heavy atom. The maximum absolute atomic E-state index is 12.1. The van der Waals surface area contributed by atoms with Crippen LogP contribution in [0.25, 0.3) is 0 Å². The molecule has 1 fully saturated rings. The molecule has 0 radical (unpaired) electrons. The van der Waals surface area contributed by atoms with Crippen LogP contribution in [0.2, 0.25) is 0 Å². The number of rotatable bonds is 6. The standard InChI is InChI=1S/C16H26N4O3S/c1-3-13(2)14-4-6-15(7-5-14)18-16(21)12-19-8-10-20(11-9-19)24(17,22)23/h4-7,13H,3,8-12H2,1-2H3,(H,18,21)(H2,17,22,23). The normalized spacial score (nSPS) is 18.3. The first-order chi connectivity index (χ1) is 11.3. The smallest absolute Gasteiger partial charge is 0.276 e. The number of nitrogens with two attached hydrogens (primary N) is 1. The van der Waals surface area contributed by atoms with E-state index in [1.165, 1.54) is 9.87 Å². The molecule has 0 bridgehead atoms. The highest BCUT2D eigenvalue weighted by atomic mass is 32.2. The van der Waals surface area contributed by atoms with E-state index in [-0.39, 0.29) is 12.5 Å². The van der Waals surface area contributed by atoms with Crippen LogP contribution in [0, 0.1) is 0 Å². The lowest BCUT2D eigenvalue weighted by Gasteiger charge is -2.32. The molecular weight excluding hydrogens is 328 g/mol. The molecule has 1 heterocycles. The highest BCUT2D eigenvalue weighted by Gasteiger charge is 2.24. The lowest BCUT2D eigenvalue weighted by atomic mass is 9.99. The van der Waals surface area contributed by atoms with E-state index in [0.29, 0.717) is 32.1 Å². The maximum Gasteiger partial charge on any atom is 0.276 e. The van der Waals surface area contributed by atoms with Gasteiger partial charge in [0.05, 0.1) is 6.54 Å². The van der Waals surface area contributed by atoms with Crippen LogP contribution in [-0.2, 0) is 15.0 Å². The number of carbonyl (C=O) groups excluding carboxylic acids is 1. The summed E-state index contributed by atoms with van der Waals surface area (Å²) >= 11 is 0. The lowest BCUT2D eigenvalue weighted by molar-refractivity contribution is -0.117. The highest BCUT2D eigenvalue weighted by molar-refractivity contribution is 7.86. The summed E-state index contributed by atoms with van der Waals surface area (Å²) in [7, 11) is -3.63. The maximum atomic E-state index is 12.1. The van der Waals surface area contributed by atoms with Gasteiger partial charge in [-0.25, -0.2) is 5.14 Å². The van der Waals surface area contributed by atoms with Gasteiger partial charge in [-0.1, -0.05) is 26.0 Å². The van der Waals surface area contributed by atoms with E-state index in [1.54, 1.807) is 0 Å². The molecule has 0 saturated carbocycles. The zero-order valence-corrected chi connectivity index (χ0v) is 15.1. The molecule has 1 unspecified atom stereocenters. The minimum atomic E-state index is -3.63. The predicted molar refractivity (Wildman–Crippen MR) is 94.9 cm³/mol. The summed E-state index contributed by atoms with van der Waals surface area (Å²) < 4.78 is 23.7. The third-order valence-corrected chi connectivity index (χ3v) is 5.52. The number of nitrogens with one attached hydrogen (secondary N) is 1. The average molecular weight is 354 g/mol. The van der Waals surface area contributed by atoms with Gasteiger partial charge in [0.25, 0.3) is 10.2 Å². The Hall–Kier alpha value is -1.48. The summed E-state index contributed by atoms with van der Waals surface area (Å²) in [5.41, 5.74) is 2.03. The molecule has 1 aliphatic rings. The van der Waals surface area contributed by atoms with E-state index in [1.807, 2.05) is 29.2 Å². The minimum absolute atomic E-state index is 0.102. The van der Waals surface area contributed by atoms with Crippen molar-refractivity contribution in [1.29, 1.82) is 0 Å². The first kappa shape index (κ1) is 18.9. The van der Waals surface area contributed by atoms with Crippen LogP contribution >= 0.6 is 0 Å². The summed E-state index contributed by atoms with van der Waals surface area (Å²) in [5, 5.41) is 7.98. The van der Waals surface area contributed by atoms with Gasteiger partial charge in [-0.05, 0) is 30.0 Å². The molecule has 7 nitrogen and oxygen atoms in total. The number of anilines is 1. The van der Waals surface area contributed by atoms with E-state index in [4.69, 9.17) is 5.14 Å². The van der Waals surface area contributed by atoms with Gasteiger partial charge in [0.15, 0.2) is 0 Å². The van der Waals surface area contributed by atoms with Gasteiger partial charge in [0.1, 0.15) is 0 Å². The first-order valence-corrected chi connectivity index (χ1v) is 9.70. The Kier molecular flexibility index (Phi) is 6.34. The average Bonchev–Trinajstić information content (AvgIpc) is 2.54. The van der Waals surface area contributed by atoms with Crippen molar-refractivity contribution in [2.45, 2.75) is 26.2 Å². The van der Waals surface area contributed by atoms with Crippen LogP contribution in [0.1, 0.15) is 31.7 Å².